The molecule has 2 aromatic heterocycles. The lowest BCUT2D eigenvalue weighted by Crippen LogP contribution is -2.12. The molecule has 0 saturated carbocycles. The second kappa shape index (κ2) is 7.79. The molecule has 3 rings (SSSR count). The molecule has 0 aliphatic carbocycles. The lowest BCUT2D eigenvalue weighted by atomic mass is 10.2. The number of carboxylic acids is 1. The highest BCUT2D eigenvalue weighted by Gasteiger charge is 2.22. The van der Waals surface area contributed by atoms with E-state index in [0.29, 0.717) is 34.4 Å². The maximum Gasteiger partial charge on any atom is 0.325 e. The van der Waals surface area contributed by atoms with E-state index in [1.54, 1.807) is 14.0 Å². The van der Waals surface area contributed by atoms with Gasteiger partial charge in [-0.2, -0.15) is 5.10 Å². The lowest BCUT2D eigenvalue weighted by Gasteiger charge is -2.02. The van der Waals surface area contributed by atoms with Gasteiger partial charge in [-0.15, -0.1) is 0 Å². The van der Waals surface area contributed by atoms with Crippen LogP contribution >= 0.6 is 0 Å². The number of hydrogen-bond donors (Lipinski definition) is 1. The number of rotatable bonds is 8. The summed E-state index contributed by atoms with van der Waals surface area (Å²) in [5.41, 5.74) is 1.10. The number of aryl methyl sites for hydroxylation is 1. The van der Waals surface area contributed by atoms with Crippen molar-refractivity contribution in [2.75, 3.05) is 7.11 Å². The molecule has 0 unspecified atom stereocenters. The molecular formula is C17H18N4O5. The average Bonchev–Trinajstić information content (AvgIpc) is 3.18. The lowest BCUT2D eigenvalue weighted by molar-refractivity contribution is -0.137. The van der Waals surface area contributed by atoms with Crippen LogP contribution in [0.5, 0.6) is 5.75 Å². The summed E-state index contributed by atoms with van der Waals surface area (Å²) in [5, 5.41) is 17.4. The highest BCUT2D eigenvalue weighted by atomic mass is 16.5. The molecule has 26 heavy (non-hydrogen) atoms. The maximum absolute atomic E-state index is 11.2. The summed E-state index contributed by atoms with van der Waals surface area (Å²) in [6, 6.07) is 9.22. The SMILES string of the molecule is COCc1c(-c2nc(COc3ccccc3)nn2CC(=O)O)noc1C. The predicted octanol–water partition coefficient (Wildman–Crippen LogP) is 2.05. The van der Waals surface area contributed by atoms with Crippen molar-refractivity contribution in [2.45, 2.75) is 26.7 Å². The Balaban J connectivity index is 1.91. The van der Waals surface area contributed by atoms with Gasteiger partial charge < -0.3 is 19.1 Å². The Kier molecular flexibility index (Phi) is 5.28. The van der Waals surface area contributed by atoms with Gasteiger partial charge in [-0.25, -0.2) is 9.67 Å². The molecule has 0 spiro atoms. The van der Waals surface area contributed by atoms with E-state index in [9.17, 15) is 4.79 Å². The van der Waals surface area contributed by atoms with Crippen molar-refractivity contribution in [3.63, 3.8) is 0 Å². The summed E-state index contributed by atoms with van der Waals surface area (Å²) < 4.78 is 17.3. The summed E-state index contributed by atoms with van der Waals surface area (Å²) in [4.78, 5) is 15.6. The summed E-state index contributed by atoms with van der Waals surface area (Å²) in [6.45, 7) is 1.76. The minimum atomic E-state index is -1.04. The molecule has 9 heteroatoms. The number of aromatic nitrogens is 4. The quantitative estimate of drug-likeness (QED) is 0.651. The van der Waals surface area contributed by atoms with Crippen LogP contribution in [0.25, 0.3) is 11.5 Å². The number of hydrogen-bond acceptors (Lipinski definition) is 7. The number of benzene rings is 1. The second-order valence-electron chi connectivity index (χ2n) is 5.50. The largest absolute Gasteiger partial charge is 0.486 e. The zero-order chi connectivity index (χ0) is 18.5. The first-order chi connectivity index (χ1) is 12.6. The molecule has 0 aliphatic rings. The zero-order valence-corrected chi connectivity index (χ0v) is 14.4. The molecule has 0 saturated heterocycles. The van der Waals surface area contributed by atoms with Crippen molar-refractivity contribution in [1.82, 2.24) is 19.9 Å². The van der Waals surface area contributed by atoms with Gasteiger partial charge in [-0.05, 0) is 19.1 Å². The number of ether oxygens (including phenoxy) is 2. The van der Waals surface area contributed by atoms with Crippen LogP contribution in [0.4, 0.5) is 0 Å². The molecule has 136 valence electrons. The fourth-order valence-electron chi connectivity index (χ4n) is 2.41. The van der Waals surface area contributed by atoms with E-state index in [2.05, 4.69) is 15.2 Å². The predicted molar refractivity (Wildman–Crippen MR) is 89.4 cm³/mol. The van der Waals surface area contributed by atoms with Crippen LogP contribution in [0.15, 0.2) is 34.9 Å². The number of methoxy groups -OCH3 is 1. The van der Waals surface area contributed by atoms with Crippen molar-refractivity contribution in [2.24, 2.45) is 0 Å². The average molecular weight is 358 g/mol. The third-order valence-electron chi connectivity index (χ3n) is 3.60. The van der Waals surface area contributed by atoms with Crippen LogP contribution < -0.4 is 4.74 Å². The van der Waals surface area contributed by atoms with Crippen LogP contribution in [0.2, 0.25) is 0 Å². The Morgan fingerprint density at radius 3 is 2.73 bits per heavy atom. The molecule has 0 aliphatic heterocycles. The molecule has 0 bridgehead atoms. The van der Waals surface area contributed by atoms with Crippen molar-refractivity contribution in [3.05, 3.63) is 47.5 Å². The minimum absolute atomic E-state index is 0.0973. The maximum atomic E-state index is 11.2. The van der Waals surface area contributed by atoms with Crippen LogP contribution in [-0.2, 0) is 29.3 Å². The molecule has 0 atom stereocenters. The Hall–Kier alpha value is -3.20. The van der Waals surface area contributed by atoms with E-state index in [1.165, 1.54) is 4.68 Å². The Morgan fingerprint density at radius 2 is 2.04 bits per heavy atom. The number of para-hydroxylation sites is 1. The molecule has 0 amide bonds. The van der Waals surface area contributed by atoms with Gasteiger partial charge in [0.15, 0.2) is 17.3 Å². The molecular weight excluding hydrogens is 340 g/mol. The van der Waals surface area contributed by atoms with E-state index >= 15 is 0 Å². The fraction of sp³-hybridized carbons (Fsp3) is 0.294. The molecule has 1 N–H and O–H groups in total. The van der Waals surface area contributed by atoms with Gasteiger partial charge >= 0.3 is 5.97 Å². The first-order valence-corrected chi connectivity index (χ1v) is 7.86. The zero-order valence-electron chi connectivity index (χ0n) is 14.4. The van der Waals surface area contributed by atoms with Crippen molar-refractivity contribution < 1.29 is 23.9 Å². The van der Waals surface area contributed by atoms with Gasteiger partial charge in [0.2, 0.25) is 0 Å². The van der Waals surface area contributed by atoms with Gasteiger partial charge in [0.25, 0.3) is 0 Å². The molecule has 3 aromatic rings. The smallest absolute Gasteiger partial charge is 0.325 e. The molecule has 0 fully saturated rings. The van der Waals surface area contributed by atoms with Crippen LogP contribution in [0.1, 0.15) is 17.1 Å². The van der Waals surface area contributed by atoms with Crippen molar-refractivity contribution in [3.8, 4) is 17.3 Å². The van der Waals surface area contributed by atoms with Crippen molar-refractivity contribution in [1.29, 1.82) is 0 Å². The van der Waals surface area contributed by atoms with Gasteiger partial charge in [0.05, 0.1) is 12.2 Å². The van der Waals surface area contributed by atoms with Crippen LogP contribution in [0.3, 0.4) is 0 Å². The van der Waals surface area contributed by atoms with E-state index in [4.69, 9.17) is 19.1 Å². The van der Waals surface area contributed by atoms with Crippen molar-refractivity contribution >= 4 is 5.97 Å². The van der Waals surface area contributed by atoms with Crippen LogP contribution in [-0.4, -0.2) is 38.1 Å². The Bertz CT molecular complexity index is 888. The Morgan fingerprint density at radius 1 is 1.27 bits per heavy atom. The fourth-order valence-corrected chi connectivity index (χ4v) is 2.41. The van der Waals surface area contributed by atoms with E-state index in [-0.39, 0.29) is 19.8 Å². The number of carboxylic acid groups (broad SMARTS) is 1. The molecule has 9 nitrogen and oxygen atoms in total. The summed E-state index contributed by atoms with van der Waals surface area (Å²) in [5.74, 6) is 0.840. The summed E-state index contributed by atoms with van der Waals surface area (Å²) >= 11 is 0. The summed E-state index contributed by atoms with van der Waals surface area (Å²) in [6.07, 6.45) is 0. The monoisotopic (exact) mass is 358 g/mol. The van der Waals surface area contributed by atoms with Gasteiger partial charge in [-0.1, -0.05) is 23.4 Å². The number of nitrogens with zero attached hydrogens (tertiary/aromatic N) is 4. The number of carbonyl (C=O) groups is 1. The third kappa shape index (κ3) is 3.89. The third-order valence-corrected chi connectivity index (χ3v) is 3.60. The molecule has 1 aromatic carbocycles. The van der Waals surface area contributed by atoms with Gasteiger partial charge in [0.1, 0.15) is 24.7 Å². The first-order valence-electron chi connectivity index (χ1n) is 7.86. The van der Waals surface area contributed by atoms with E-state index < -0.39 is 5.97 Å². The topological polar surface area (TPSA) is 113 Å². The highest BCUT2D eigenvalue weighted by Crippen LogP contribution is 2.25. The van der Waals surface area contributed by atoms with Gasteiger partial charge in [0, 0.05) is 7.11 Å². The normalized spacial score (nSPS) is 10.8. The molecule has 0 radical (unpaired) electrons. The molecule has 2 heterocycles. The van der Waals surface area contributed by atoms with E-state index in [0.717, 1.165) is 0 Å². The Labute approximate surface area is 149 Å². The minimum Gasteiger partial charge on any atom is -0.486 e. The van der Waals surface area contributed by atoms with E-state index in [1.807, 2.05) is 30.3 Å². The first kappa shape index (κ1) is 17.6. The summed E-state index contributed by atoms with van der Waals surface area (Å²) in [7, 11) is 1.55. The standard InChI is InChI=1S/C17H18N4O5/c1-11-13(9-24-2)16(20-26-11)17-18-14(19-21(17)8-15(22)23)10-25-12-6-4-3-5-7-12/h3-7H,8-10H2,1-2H3,(H,22,23). The van der Waals surface area contributed by atoms with Crippen LogP contribution in [0, 0.1) is 6.92 Å². The van der Waals surface area contributed by atoms with Gasteiger partial charge in [-0.3, -0.25) is 4.79 Å². The second-order valence-corrected chi connectivity index (χ2v) is 5.50. The highest BCUT2D eigenvalue weighted by molar-refractivity contribution is 5.67. The number of aliphatic carboxylic acids is 1.